The molecule has 0 saturated carbocycles. The van der Waals surface area contributed by atoms with E-state index in [1.165, 1.54) is 0 Å². The van der Waals surface area contributed by atoms with Crippen molar-refractivity contribution in [2.75, 3.05) is 12.4 Å². The summed E-state index contributed by atoms with van der Waals surface area (Å²) < 4.78 is 6.96. The number of ether oxygens (including phenoxy) is 1. The van der Waals surface area contributed by atoms with Crippen molar-refractivity contribution in [2.45, 2.75) is 13.5 Å². The Morgan fingerprint density at radius 3 is 3.10 bits per heavy atom. The fraction of sp³-hybridized carbons (Fsp3) is 0.214. The molecule has 0 spiro atoms. The minimum absolute atomic E-state index is 0.562. The summed E-state index contributed by atoms with van der Waals surface area (Å²) in [5.74, 6) is 1.20. The fourth-order valence-corrected chi connectivity index (χ4v) is 1.98. The number of pyridine rings is 2. The highest BCUT2D eigenvalue weighted by Gasteiger charge is 2.06. The minimum atomic E-state index is 0.562. The van der Waals surface area contributed by atoms with Crippen LogP contribution in [0.1, 0.15) is 11.1 Å². The number of anilines is 1. The van der Waals surface area contributed by atoms with Gasteiger partial charge >= 0.3 is 0 Å². The molecule has 0 aliphatic carbocycles. The van der Waals surface area contributed by atoms with Crippen LogP contribution in [0.25, 0.3) is 5.65 Å². The average molecular weight is 269 g/mol. The average Bonchev–Trinajstić information content (AvgIpc) is 2.87. The minimum Gasteiger partial charge on any atom is -0.481 e. The molecule has 20 heavy (non-hydrogen) atoms. The van der Waals surface area contributed by atoms with Crippen LogP contribution in [0.3, 0.4) is 0 Å². The molecule has 0 radical (unpaired) electrons. The van der Waals surface area contributed by atoms with Crippen molar-refractivity contribution in [2.24, 2.45) is 0 Å². The number of aromatic nitrogens is 4. The van der Waals surface area contributed by atoms with E-state index in [1.807, 2.05) is 37.4 Å². The monoisotopic (exact) mass is 269 g/mol. The standard InChI is InChI=1S/C14H15N5O/c1-10-5-7-19-12(8-10)17-14(18-19)16-9-11-4-3-6-15-13(11)20-2/h3-8H,9H2,1-2H3,(H,16,18). The topological polar surface area (TPSA) is 64.3 Å². The zero-order valence-corrected chi connectivity index (χ0v) is 11.4. The largest absolute Gasteiger partial charge is 0.481 e. The number of hydrogen-bond acceptors (Lipinski definition) is 5. The molecular formula is C14H15N5O. The third-order valence-corrected chi connectivity index (χ3v) is 2.97. The van der Waals surface area contributed by atoms with Crippen molar-refractivity contribution in [3.63, 3.8) is 0 Å². The second kappa shape index (κ2) is 5.16. The molecule has 3 aromatic rings. The number of nitrogens with zero attached hydrogens (tertiary/aromatic N) is 4. The summed E-state index contributed by atoms with van der Waals surface area (Å²) >= 11 is 0. The first-order valence-electron chi connectivity index (χ1n) is 6.31. The van der Waals surface area contributed by atoms with E-state index in [9.17, 15) is 0 Å². The van der Waals surface area contributed by atoms with Crippen molar-refractivity contribution >= 4 is 11.6 Å². The lowest BCUT2D eigenvalue weighted by molar-refractivity contribution is 0.393. The van der Waals surface area contributed by atoms with Gasteiger partial charge in [0.25, 0.3) is 0 Å². The van der Waals surface area contributed by atoms with Gasteiger partial charge in [0, 0.05) is 24.5 Å². The third-order valence-electron chi connectivity index (χ3n) is 2.97. The Labute approximate surface area is 116 Å². The summed E-state index contributed by atoms with van der Waals surface area (Å²) in [4.78, 5) is 8.58. The molecule has 3 rings (SSSR count). The van der Waals surface area contributed by atoms with Gasteiger partial charge in [0.05, 0.1) is 7.11 Å². The van der Waals surface area contributed by atoms with Crippen molar-refractivity contribution < 1.29 is 4.74 Å². The molecule has 0 aliphatic heterocycles. The molecule has 1 N–H and O–H groups in total. The van der Waals surface area contributed by atoms with Crippen LogP contribution in [-0.4, -0.2) is 26.7 Å². The number of rotatable bonds is 4. The van der Waals surface area contributed by atoms with Gasteiger partial charge in [0.15, 0.2) is 5.65 Å². The van der Waals surface area contributed by atoms with Crippen LogP contribution in [0.2, 0.25) is 0 Å². The van der Waals surface area contributed by atoms with Crippen LogP contribution in [0.15, 0.2) is 36.7 Å². The van der Waals surface area contributed by atoms with Crippen molar-refractivity contribution in [1.29, 1.82) is 0 Å². The zero-order valence-electron chi connectivity index (χ0n) is 11.4. The van der Waals surface area contributed by atoms with Crippen LogP contribution < -0.4 is 10.1 Å². The van der Waals surface area contributed by atoms with E-state index in [0.29, 0.717) is 18.4 Å². The molecule has 0 unspecified atom stereocenters. The molecule has 6 nitrogen and oxygen atoms in total. The molecule has 0 fully saturated rings. The predicted molar refractivity (Wildman–Crippen MR) is 75.8 cm³/mol. The first kappa shape index (κ1) is 12.4. The number of fused-ring (bicyclic) bond motifs is 1. The van der Waals surface area contributed by atoms with Crippen molar-refractivity contribution in [1.82, 2.24) is 19.6 Å². The van der Waals surface area contributed by atoms with E-state index in [-0.39, 0.29) is 0 Å². The molecule has 0 atom stereocenters. The zero-order chi connectivity index (χ0) is 13.9. The molecule has 0 amide bonds. The number of hydrogen-bond donors (Lipinski definition) is 1. The van der Waals surface area contributed by atoms with E-state index >= 15 is 0 Å². The van der Waals surface area contributed by atoms with Gasteiger partial charge in [0.2, 0.25) is 11.8 Å². The second-order valence-corrected chi connectivity index (χ2v) is 4.47. The number of aryl methyl sites for hydroxylation is 1. The van der Waals surface area contributed by atoms with Crippen molar-refractivity contribution in [3.8, 4) is 5.88 Å². The van der Waals surface area contributed by atoms with Crippen LogP contribution in [0.4, 0.5) is 5.95 Å². The van der Waals surface area contributed by atoms with Gasteiger partial charge in [0.1, 0.15) is 0 Å². The molecule has 0 bridgehead atoms. The van der Waals surface area contributed by atoms with E-state index < -0.39 is 0 Å². The Hall–Kier alpha value is -2.63. The van der Waals surface area contributed by atoms with E-state index in [2.05, 4.69) is 20.4 Å². The molecule has 6 heteroatoms. The lowest BCUT2D eigenvalue weighted by Crippen LogP contribution is -2.04. The number of nitrogens with one attached hydrogen (secondary N) is 1. The van der Waals surface area contributed by atoms with Gasteiger partial charge < -0.3 is 10.1 Å². The Kier molecular flexibility index (Phi) is 3.20. The van der Waals surface area contributed by atoms with Crippen molar-refractivity contribution in [3.05, 3.63) is 47.8 Å². The predicted octanol–water partition coefficient (Wildman–Crippen LogP) is 2.05. The molecule has 0 saturated heterocycles. The van der Waals surface area contributed by atoms with Crippen LogP contribution in [0, 0.1) is 6.92 Å². The van der Waals surface area contributed by atoms with Crippen LogP contribution in [-0.2, 0) is 6.54 Å². The number of methoxy groups -OCH3 is 1. The highest BCUT2D eigenvalue weighted by molar-refractivity contribution is 5.45. The molecule has 0 aromatic carbocycles. The normalized spacial score (nSPS) is 10.7. The molecule has 3 heterocycles. The smallest absolute Gasteiger partial charge is 0.243 e. The Bertz CT molecular complexity index is 737. The highest BCUT2D eigenvalue weighted by Crippen LogP contribution is 2.15. The van der Waals surface area contributed by atoms with Gasteiger partial charge in [-0.15, -0.1) is 5.10 Å². The third kappa shape index (κ3) is 2.40. The summed E-state index contributed by atoms with van der Waals surface area (Å²) in [6.45, 7) is 2.59. The maximum atomic E-state index is 5.21. The molecule has 0 aliphatic rings. The maximum Gasteiger partial charge on any atom is 0.243 e. The van der Waals surface area contributed by atoms with Gasteiger partial charge in [-0.05, 0) is 30.7 Å². The summed E-state index contributed by atoms with van der Waals surface area (Å²) in [7, 11) is 1.61. The summed E-state index contributed by atoms with van der Waals surface area (Å²) in [6.07, 6.45) is 3.60. The van der Waals surface area contributed by atoms with Gasteiger partial charge in [-0.3, -0.25) is 0 Å². The van der Waals surface area contributed by atoms with Gasteiger partial charge in [-0.25, -0.2) is 9.50 Å². The molecule has 3 aromatic heterocycles. The Morgan fingerprint density at radius 1 is 1.35 bits per heavy atom. The lowest BCUT2D eigenvalue weighted by atomic mass is 10.3. The molecule has 102 valence electrons. The first-order valence-corrected chi connectivity index (χ1v) is 6.31. The van der Waals surface area contributed by atoms with Crippen LogP contribution >= 0.6 is 0 Å². The maximum absolute atomic E-state index is 5.21. The second-order valence-electron chi connectivity index (χ2n) is 4.47. The lowest BCUT2D eigenvalue weighted by Gasteiger charge is -2.06. The fourth-order valence-electron chi connectivity index (χ4n) is 1.98. The Morgan fingerprint density at radius 2 is 2.25 bits per heavy atom. The SMILES string of the molecule is COc1ncccc1CNc1nc2cc(C)ccn2n1. The summed E-state index contributed by atoms with van der Waals surface area (Å²) in [5, 5.41) is 7.54. The summed E-state index contributed by atoms with van der Waals surface area (Å²) in [5.41, 5.74) is 2.95. The highest BCUT2D eigenvalue weighted by atomic mass is 16.5. The Balaban J connectivity index is 1.79. The van der Waals surface area contributed by atoms with Gasteiger partial charge in [-0.2, -0.15) is 4.98 Å². The molecular weight excluding hydrogens is 254 g/mol. The van der Waals surface area contributed by atoms with E-state index in [1.54, 1.807) is 17.8 Å². The van der Waals surface area contributed by atoms with E-state index in [4.69, 9.17) is 4.74 Å². The van der Waals surface area contributed by atoms with E-state index in [0.717, 1.165) is 16.8 Å². The van der Waals surface area contributed by atoms with Crippen LogP contribution in [0.5, 0.6) is 5.88 Å². The first-order chi connectivity index (χ1) is 9.76. The van der Waals surface area contributed by atoms with Gasteiger partial charge in [-0.1, -0.05) is 6.07 Å². The summed E-state index contributed by atoms with van der Waals surface area (Å²) in [6, 6.07) is 7.82. The quantitative estimate of drug-likeness (QED) is 0.785.